The Balaban J connectivity index is 1.39. The fourth-order valence-electron chi connectivity index (χ4n) is 4.29. The van der Waals surface area contributed by atoms with Crippen LogP contribution in [0.4, 0.5) is 5.95 Å². The van der Waals surface area contributed by atoms with E-state index in [4.69, 9.17) is 5.73 Å². The van der Waals surface area contributed by atoms with E-state index in [1.807, 2.05) is 9.80 Å². The van der Waals surface area contributed by atoms with Gasteiger partial charge in [-0.05, 0) is 29.7 Å². The van der Waals surface area contributed by atoms with Crippen LogP contribution in [0.1, 0.15) is 31.4 Å². The van der Waals surface area contributed by atoms with Crippen molar-refractivity contribution in [3.05, 3.63) is 18.2 Å². The summed E-state index contributed by atoms with van der Waals surface area (Å²) in [5.74, 6) is 0.280. The number of carbonyl (C=O) groups is 2. The second kappa shape index (κ2) is 7.56. The van der Waals surface area contributed by atoms with Crippen LogP contribution in [0.25, 0.3) is 0 Å². The van der Waals surface area contributed by atoms with Crippen LogP contribution in [-0.2, 0) is 22.6 Å². The number of tetrazole rings is 1. The van der Waals surface area contributed by atoms with E-state index in [-0.39, 0.29) is 29.7 Å². The molecule has 2 aliphatic heterocycles. The van der Waals surface area contributed by atoms with Crippen LogP contribution in [0.5, 0.6) is 0 Å². The summed E-state index contributed by atoms with van der Waals surface area (Å²) in [7, 11) is 0. The quantitative estimate of drug-likeness (QED) is 0.702. The summed E-state index contributed by atoms with van der Waals surface area (Å²) < 4.78 is 1.31. The van der Waals surface area contributed by atoms with Gasteiger partial charge in [0.15, 0.2) is 0 Å². The highest BCUT2D eigenvalue weighted by molar-refractivity contribution is 5.78. The third kappa shape index (κ3) is 3.82. The molecule has 4 heterocycles. The molecule has 3 N–H and O–H groups in total. The molecule has 0 radical (unpaired) electrons. The van der Waals surface area contributed by atoms with Gasteiger partial charge in [-0.3, -0.25) is 9.59 Å². The maximum Gasteiger partial charge on any atom is 0.244 e. The molecular weight excluding hydrogens is 362 g/mol. The molecule has 2 fully saturated rings. The van der Waals surface area contributed by atoms with Crippen LogP contribution in [0.2, 0.25) is 0 Å². The molecule has 2 saturated heterocycles. The molecule has 0 unspecified atom stereocenters. The van der Waals surface area contributed by atoms with Crippen molar-refractivity contribution in [2.24, 2.45) is 5.41 Å². The zero-order valence-electron chi connectivity index (χ0n) is 15.8. The molecular formula is C17H25N9O2. The maximum atomic E-state index is 12.7. The lowest BCUT2D eigenvalue weighted by atomic mass is 9.73. The molecule has 28 heavy (non-hydrogen) atoms. The van der Waals surface area contributed by atoms with Gasteiger partial charge in [0.1, 0.15) is 6.54 Å². The van der Waals surface area contributed by atoms with Crippen molar-refractivity contribution in [1.29, 1.82) is 0 Å². The van der Waals surface area contributed by atoms with E-state index in [9.17, 15) is 9.59 Å². The maximum absolute atomic E-state index is 12.7. The molecule has 2 aliphatic rings. The lowest BCUT2D eigenvalue weighted by Gasteiger charge is -2.48. The van der Waals surface area contributed by atoms with Gasteiger partial charge in [-0.15, -0.1) is 0 Å². The monoisotopic (exact) mass is 387 g/mol. The Bertz CT molecular complexity index is 834. The Kier molecular flexibility index (Phi) is 4.97. The van der Waals surface area contributed by atoms with E-state index < -0.39 is 0 Å². The minimum absolute atomic E-state index is 0.0391. The summed E-state index contributed by atoms with van der Waals surface area (Å²) in [5.41, 5.74) is 6.65. The Labute approximate surface area is 162 Å². The average molecular weight is 387 g/mol. The molecule has 0 bridgehead atoms. The summed E-state index contributed by atoms with van der Waals surface area (Å²) in [6.45, 7) is 2.76. The fourth-order valence-corrected chi connectivity index (χ4v) is 4.29. The summed E-state index contributed by atoms with van der Waals surface area (Å²) in [6, 6.07) is 0. The number of anilines is 1. The number of amides is 2. The van der Waals surface area contributed by atoms with Crippen molar-refractivity contribution in [3.63, 3.8) is 0 Å². The van der Waals surface area contributed by atoms with Gasteiger partial charge in [-0.2, -0.15) is 0 Å². The normalized spacial score (nSPS) is 22.8. The topological polar surface area (TPSA) is 139 Å². The van der Waals surface area contributed by atoms with Crippen molar-refractivity contribution in [2.45, 2.75) is 38.6 Å². The van der Waals surface area contributed by atoms with E-state index in [2.05, 4.69) is 25.5 Å². The molecule has 0 aliphatic carbocycles. The Morgan fingerprint density at radius 1 is 1.32 bits per heavy atom. The number of nitrogens with two attached hydrogens (primary N) is 1. The van der Waals surface area contributed by atoms with Crippen molar-refractivity contribution < 1.29 is 9.59 Å². The lowest BCUT2D eigenvalue weighted by Crippen LogP contribution is -2.55. The number of nitrogen functional groups attached to an aromatic ring is 1. The number of nitrogens with one attached hydrogen (secondary N) is 1. The van der Waals surface area contributed by atoms with Gasteiger partial charge < -0.3 is 20.5 Å². The molecule has 4 rings (SSSR count). The molecule has 11 heteroatoms. The van der Waals surface area contributed by atoms with Gasteiger partial charge in [0.2, 0.25) is 17.8 Å². The third-order valence-electron chi connectivity index (χ3n) is 5.81. The van der Waals surface area contributed by atoms with E-state index >= 15 is 0 Å². The fraction of sp³-hybridized carbons (Fsp3) is 0.647. The number of hydrogen-bond acceptors (Lipinski definition) is 7. The van der Waals surface area contributed by atoms with Gasteiger partial charge in [0.25, 0.3) is 0 Å². The van der Waals surface area contributed by atoms with E-state index in [0.717, 1.165) is 31.4 Å². The number of aromatic amines is 1. The summed E-state index contributed by atoms with van der Waals surface area (Å²) in [4.78, 5) is 36.1. The van der Waals surface area contributed by atoms with Crippen LogP contribution in [0.3, 0.4) is 0 Å². The zero-order chi connectivity index (χ0) is 19.6. The zero-order valence-corrected chi connectivity index (χ0v) is 15.8. The number of piperidine rings is 2. The second-order valence-corrected chi connectivity index (χ2v) is 7.76. The standard InChI is InChI=1S/C17H25N9O2/c18-16-21-22-23-26(16)9-15(28)24-6-1-4-17(10-24)5-2-14(27)25(11-17)7-3-13-8-19-12-20-13/h8,12H,1-7,9-11H2,(H,19,20)(H2,18,21,23)/t17-/m0/s1. The smallest absolute Gasteiger partial charge is 0.244 e. The number of hydrogen-bond donors (Lipinski definition) is 2. The van der Waals surface area contributed by atoms with Crippen molar-refractivity contribution in [2.75, 3.05) is 31.9 Å². The lowest BCUT2D eigenvalue weighted by molar-refractivity contribution is -0.143. The first-order valence-electron chi connectivity index (χ1n) is 9.59. The molecule has 0 aromatic carbocycles. The Hall–Kier alpha value is -2.98. The molecule has 0 saturated carbocycles. The van der Waals surface area contributed by atoms with Gasteiger partial charge in [-0.1, -0.05) is 5.10 Å². The molecule has 2 aromatic rings. The number of aromatic nitrogens is 6. The number of H-pyrrole nitrogens is 1. The second-order valence-electron chi connectivity index (χ2n) is 7.76. The van der Waals surface area contributed by atoms with E-state index in [1.165, 1.54) is 4.68 Å². The van der Waals surface area contributed by atoms with Crippen LogP contribution in [-0.4, -0.2) is 78.0 Å². The number of likely N-dealkylation sites (tertiary alicyclic amines) is 2. The number of imidazole rings is 1. The molecule has 1 atom stereocenters. The first kappa shape index (κ1) is 18.4. The van der Waals surface area contributed by atoms with Gasteiger partial charge in [0, 0.05) is 56.3 Å². The first-order chi connectivity index (χ1) is 13.5. The number of nitrogens with zero attached hydrogens (tertiary/aromatic N) is 7. The Morgan fingerprint density at radius 3 is 2.96 bits per heavy atom. The first-order valence-corrected chi connectivity index (χ1v) is 9.59. The average Bonchev–Trinajstić information content (AvgIpc) is 3.35. The molecule has 11 nitrogen and oxygen atoms in total. The number of rotatable bonds is 5. The minimum atomic E-state index is -0.0426. The molecule has 2 aromatic heterocycles. The van der Waals surface area contributed by atoms with Crippen LogP contribution >= 0.6 is 0 Å². The highest BCUT2D eigenvalue weighted by Gasteiger charge is 2.42. The van der Waals surface area contributed by atoms with E-state index in [1.54, 1.807) is 12.5 Å². The van der Waals surface area contributed by atoms with Crippen LogP contribution in [0, 0.1) is 5.41 Å². The van der Waals surface area contributed by atoms with Crippen LogP contribution in [0.15, 0.2) is 12.5 Å². The van der Waals surface area contributed by atoms with Crippen molar-refractivity contribution in [1.82, 2.24) is 40.0 Å². The molecule has 150 valence electrons. The predicted octanol–water partition coefficient (Wildman–Crippen LogP) is -0.548. The SMILES string of the molecule is Nc1nnnn1CC(=O)N1CCC[C@]2(CCC(=O)N(CCc3cnc[nH]3)C2)C1. The van der Waals surface area contributed by atoms with E-state index in [0.29, 0.717) is 32.6 Å². The summed E-state index contributed by atoms with van der Waals surface area (Å²) >= 11 is 0. The summed E-state index contributed by atoms with van der Waals surface area (Å²) in [5, 5.41) is 10.8. The minimum Gasteiger partial charge on any atom is -0.367 e. The van der Waals surface area contributed by atoms with Crippen LogP contribution < -0.4 is 5.73 Å². The van der Waals surface area contributed by atoms with Gasteiger partial charge >= 0.3 is 0 Å². The van der Waals surface area contributed by atoms with Gasteiger partial charge in [0.05, 0.1) is 6.33 Å². The third-order valence-corrected chi connectivity index (χ3v) is 5.81. The molecule has 1 spiro atoms. The highest BCUT2D eigenvalue weighted by atomic mass is 16.2. The predicted molar refractivity (Wildman–Crippen MR) is 98.6 cm³/mol. The number of carbonyl (C=O) groups excluding carboxylic acids is 2. The highest BCUT2D eigenvalue weighted by Crippen LogP contribution is 2.39. The van der Waals surface area contributed by atoms with Crippen molar-refractivity contribution in [3.8, 4) is 0 Å². The Morgan fingerprint density at radius 2 is 2.21 bits per heavy atom. The van der Waals surface area contributed by atoms with Crippen molar-refractivity contribution >= 4 is 17.8 Å². The largest absolute Gasteiger partial charge is 0.367 e. The molecule has 2 amide bonds. The summed E-state index contributed by atoms with van der Waals surface area (Å²) in [6.07, 6.45) is 7.50. The van der Waals surface area contributed by atoms with Gasteiger partial charge in [-0.25, -0.2) is 9.67 Å².